The highest BCUT2D eigenvalue weighted by molar-refractivity contribution is 6.35. The molecular weight excluding hydrogens is 277 g/mol. The van der Waals surface area contributed by atoms with Crippen molar-refractivity contribution >= 4 is 29.2 Å². The van der Waals surface area contributed by atoms with E-state index in [2.05, 4.69) is 5.10 Å². The molecule has 0 fully saturated rings. The molecule has 2 aromatic rings. The maximum atomic E-state index is 10.9. The fourth-order valence-electron chi connectivity index (χ4n) is 1.45. The van der Waals surface area contributed by atoms with Gasteiger partial charge in [0.25, 0.3) is 0 Å². The Morgan fingerprint density at radius 1 is 1.44 bits per heavy atom. The molecule has 18 heavy (non-hydrogen) atoms. The van der Waals surface area contributed by atoms with Crippen LogP contribution in [0.1, 0.15) is 16.1 Å². The number of carbonyl (C=O) groups is 1. The number of hydrogen-bond acceptors (Lipinski definition) is 3. The van der Waals surface area contributed by atoms with E-state index < -0.39 is 5.97 Å². The number of rotatable bonds is 2. The summed E-state index contributed by atoms with van der Waals surface area (Å²) in [5, 5.41) is 22.5. The number of nitriles is 1. The lowest BCUT2D eigenvalue weighted by Crippen LogP contribution is -2.03. The summed E-state index contributed by atoms with van der Waals surface area (Å²) in [5.41, 5.74) is 0.125. The molecule has 0 amide bonds. The molecule has 0 aliphatic rings. The maximum absolute atomic E-state index is 10.9. The number of hydrogen-bond donors (Lipinski definition) is 1. The smallest absolute Gasteiger partial charge is 0.340 e. The SMILES string of the molecule is N#Cc1c(C(=O)O)cnn1-c1ccc(Cl)cc1Cl. The van der Waals surface area contributed by atoms with Gasteiger partial charge in [-0.1, -0.05) is 23.2 Å². The van der Waals surface area contributed by atoms with Gasteiger partial charge in [-0.15, -0.1) is 0 Å². The quantitative estimate of drug-likeness (QED) is 0.918. The highest BCUT2D eigenvalue weighted by atomic mass is 35.5. The molecule has 7 heteroatoms. The maximum Gasteiger partial charge on any atom is 0.340 e. The van der Waals surface area contributed by atoms with E-state index in [1.54, 1.807) is 18.2 Å². The van der Waals surface area contributed by atoms with Crippen molar-refractivity contribution in [3.63, 3.8) is 0 Å². The Morgan fingerprint density at radius 2 is 2.17 bits per heavy atom. The van der Waals surface area contributed by atoms with Crippen LogP contribution in [0.2, 0.25) is 10.0 Å². The zero-order valence-electron chi connectivity index (χ0n) is 8.76. The van der Waals surface area contributed by atoms with Crippen LogP contribution >= 0.6 is 23.2 Å². The first-order chi connectivity index (χ1) is 8.54. The lowest BCUT2D eigenvalue weighted by Gasteiger charge is -2.05. The first kappa shape index (κ1) is 12.4. The molecule has 0 aliphatic heterocycles. The lowest BCUT2D eigenvalue weighted by molar-refractivity contribution is 0.0696. The standard InChI is InChI=1S/C11H5Cl2N3O2/c12-6-1-2-9(8(13)3-6)16-10(4-14)7(5-15-16)11(17)18/h1-3,5H,(H,17,18). The first-order valence-corrected chi connectivity index (χ1v) is 5.47. The fraction of sp³-hybridized carbons (Fsp3) is 0. The third-order valence-electron chi connectivity index (χ3n) is 2.24. The first-order valence-electron chi connectivity index (χ1n) is 4.71. The summed E-state index contributed by atoms with van der Waals surface area (Å²) in [6.45, 7) is 0. The summed E-state index contributed by atoms with van der Waals surface area (Å²) in [6, 6.07) is 6.42. The van der Waals surface area contributed by atoms with E-state index in [1.807, 2.05) is 0 Å². The average Bonchev–Trinajstić information content (AvgIpc) is 2.72. The molecule has 1 aromatic heterocycles. The van der Waals surface area contributed by atoms with E-state index in [9.17, 15) is 4.79 Å². The minimum Gasteiger partial charge on any atom is -0.478 e. The van der Waals surface area contributed by atoms with Crippen molar-refractivity contribution in [2.24, 2.45) is 0 Å². The highest BCUT2D eigenvalue weighted by Gasteiger charge is 2.18. The molecule has 1 aromatic carbocycles. The van der Waals surface area contributed by atoms with Crippen molar-refractivity contribution in [1.29, 1.82) is 5.26 Å². The van der Waals surface area contributed by atoms with Crippen LogP contribution < -0.4 is 0 Å². The number of halogens is 2. The number of nitrogens with zero attached hydrogens (tertiary/aromatic N) is 3. The second-order valence-electron chi connectivity index (χ2n) is 3.33. The van der Waals surface area contributed by atoms with Crippen LogP contribution in [0.25, 0.3) is 5.69 Å². The third-order valence-corrected chi connectivity index (χ3v) is 2.78. The summed E-state index contributed by atoms with van der Waals surface area (Å²) in [6.07, 6.45) is 1.10. The van der Waals surface area contributed by atoms with Crippen molar-refractivity contribution in [2.45, 2.75) is 0 Å². The van der Waals surface area contributed by atoms with E-state index in [0.717, 1.165) is 6.20 Å². The normalized spacial score (nSPS) is 10.1. The van der Waals surface area contributed by atoms with Gasteiger partial charge in [0.05, 0.1) is 16.9 Å². The Balaban J connectivity index is 2.65. The molecule has 2 rings (SSSR count). The summed E-state index contributed by atoms with van der Waals surface area (Å²) < 4.78 is 1.17. The largest absolute Gasteiger partial charge is 0.478 e. The second-order valence-corrected chi connectivity index (χ2v) is 4.17. The van der Waals surface area contributed by atoms with Crippen molar-refractivity contribution in [2.75, 3.05) is 0 Å². The number of carboxylic acids is 1. The number of aromatic carboxylic acids is 1. The van der Waals surface area contributed by atoms with Gasteiger partial charge in [0.2, 0.25) is 0 Å². The monoisotopic (exact) mass is 281 g/mol. The Morgan fingerprint density at radius 3 is 2.72 bits per heavy atom. The van der Waals surface area contributed by atoms with Crippen LogP contribution in [0.5, 0.6) is 0 Å². The third kappa shape index (κ3) is 2.04. The number of benzene rings is 1. The van der Waals surface area contributed by atoms with Crippen LogP contribution in [0.3, 0.4) is 0 Å². The zero-order chi connectivity index (χ0) is 13.3. The summed E-state index contributed by atoms with van der Waals surface area (Å²) in [5.74, 6) is -1.22. The van der Waals surface area contributed by atoms with Crippen molar-refractivity contribution < 1.29 is 9.90 Å². The van der Waals surface area contributed by atoms with E-state index in [4.69, 9.17) is 33.6 Å². The molecule has 5 nitrogen and oxygen atoms in total. The van der Waals surface area contributed by atoms with E-state index in [1.165, 1.54) is 10.7 Å². The molecule has 1 heterocycles. The summed E-state index contributed by atoms with van der Waals surface area (Å²) in [7, 11) is 0. The van der Waals surface area contributed by atoms with Gasteiger partial charge in [-0.05, 0) is 18.2 Å². The van der Waals surface area contributed by atoms with E-state index in [0.29, 0.717) is 10.7 Å². The van der Waals surface area contributed by atoms with E-state index >= 15 is 0 Å². The van der Waals surface area contributed by atoms with E-state index in [-0.39, 0.29) is 16.3 Å². The van der Waals surface area contributed by atoms with Crippen molar-refractivity contribution in [3.8, 4) is 11.8 Å². The van der Waals surface area contributed by atoms with Crippen molar-refractivity contribution in [3.05, 3.63) is 45.7 Å². The number of aromatic nitrogens is 2. The fourth-order valence-corrected chi connectivity index (χ4v) is 1.94. The number of carboxylic acid groups (broad SMARTS) is 1. The molecule has 1 N–H and O–H groups in total. The zero-order valence-corrected chi connectivity index (χ0v) is 10.3. The van der Waals surface area contributed by atoms with Crippen LogP contribution in [0.4, 0.5) is 0 Å². The van der Waals surface area contributed by atoms with Gasteiger partial charge in [0.15, 0.2) is 5.69 Å². The molecule has 0 aliphatic carbocycles. The Kier molecular flexibility index (Phi) is 3.24. The Bertz CT molecular complexity index is 673. The minimum absolute atomic E-state index is 0.0910. The predicted molar refractivity (Wildman–Crippen MR) is 65.3 cm³/mol. The van der Waals surface area contributed by atoms with Gasteiger partial charge < -0.3 is 5.11 Å². The molecule has 90 valence electrons. The van der Waals surface area contributed by atoms with Crippen molar-refractivity contribution in [1.82, 2.24) is 9.78 Å². The van der Waals surface area contributed by atoms with Crippen LogP contribution in [-0.4, -0.2) is 20.9 Å². The van der Waals surface area contributed by atoms with Gasteiger partial charge in [-0.2, -0.15) is 10.4 Å². The molecule has 0 radical (unpaired) electrons. The van der Waals surface area contributed by atoms with Gasteiger partial charge >= 0.3 is 5.97 Å². The summed E-state index contributed by atoms with van der Waals surface area (Å²) >= 11 is 11.7. The molecule has 0 saturated carbocycles. The molecule has 0 unspecified atom stereocenters. The lowest BCUT2D eigenvalue weighted by atomic mass is 10.2. The van der Waals surface area contributed by atoms with Gasteiger partial charge in [-0.3, -0.25) is 0 Å². The van der Waals surface area contributed by atoms with Crippen LogP contribution in [0, 0.1) is 11.3 Å². The molecule has 0 bridgehead atoms. The second kappa shape index (κ2) is 4.69. The molecular formula is C11H5Cl2N3O2. The predicted octanol–water partition coefficient (Wildman–Crippen LogP) is 2.75. The highest BCUT2D eigenvalue weighted by Crippen LogP contribution is 2.25. The van der Waals surface area contributed by atoms with Gasteiger partial charge in [0.1, 0.15) is 11.6 Å². The van der Waals surface area contributed by atoms with Crippen LogP contribution in [0.15, 0.2) is 24.4 Å². The van der Waals surface area contributed by atoms with Crippen LogP contribution in [-0.2, 0) is 0 Å². The van der Waals surface area contributed by atoms with Gasteiger partial charge in [-0.25, -0.2) is 9.48 Å². The molecule has 0 saturated heterocycles. The topological polar surface area (TPSA) is 78.9 Å². The Labute approximate surface area is 112 Å². The minimum atomic E-state index is -1.22. The molecule has 0 spiro atoms. The van der Waals surface area contributed by atoms with Gasteiger partial charge in [0, 0.05) is 5.02 Å². The Hall–Kier alpha value is -2.03. The average molecular weight is 282 g/mol. The molecule has 0 atom stereocenters. The summed E-state index contributed by atoms with van der Waals surface area (Å²) in [4.78, 5) is 10.9.